The van der Waals surface area contributed by atoms with Gasteiger partial charge < -0.3 is 9.47 Å². The normalized spacial score (nSPS) is 11.2. The predicted octanol–water partition coefficient (Wildman–Crippen LogP) is 10.1. The van der Waals surface area contributed by atoms with E-state index in [0.29, 0.717) is 26.1 Å². The van der Waals surface area contributed by atoms with Gasteiger partial charge in [-0.3, -0.25) is 9.59 Å². The lowest BCUT2D eigenvalue weighted by Gasteiger charge is -2.13. The molecule has 0 aliphatic rings. The maximum absolute atomic E-state index is 11.9. The molecule has 0 bridgehead atoms. The molecular formula is C32H62O4. The van der Waals surface area contributed by atoms with Gasteiger partial charge in [0.25, 0.3) is 0 Å². The number of carbonyl (C=O) groups excluding carboxylic acids is 2. The van der Waals surface area contributed by atoms with E-state index in [2.05, 4.69) is 13.8 Å². The van der Waals surface area contributed by atoms with E-state index in [9.17, 15) is 9.59 Å². The van der Waals surface area contributed by atoms with Crippen LogP contribution in [0.5, 0.6) is 0 Å². The van der Waals surface area contributed by atoms with E-state index in [4.69, 9.17) is 9.47 Å². The first-order chi connectivity index (χ1) is 17.6. The third kappa shape index (κ3) is 27.5. The fourth-order valence-electron chi connectivity index (χ4n) is 4.53. The summed E-state index contributed by atoms with van der Waals surface area (Å²) in [6.45, 7) is 7.15. The maximum Gasteiger partial charge on any atom is 0.305 e. The Hall–Kier alpha value is -1.06. The zero-order valence-corrected chi connectivity index (χ0v) is 24.6. The smallest absolute Gasteiger partial charge is 0.305 e. The molecule has 4 nitrogen and oxygen atoms in total. The van der Waals surface area contributed by atoms with Gasteiger partial charge in [-0.15, -0.1) is 0 Å². The van der Waals surface area contributed by atoms with E-state index in [1.54, 1.807) is 0 Å². The third-order valence-corrected chi connectivity index (χ3v) is 7.03. The highest BCUT2D eigenvalue weighted by Crippen LogP contribution is 2.14. The summed E-state index contributed by atoms with van der Waals surface area (Å²) in [4.78, 5) is 23.9. The second-order valence-electron chi connectivity index (χ2n) is 11.0. The largest absolute Gasteiger partial charge is 0.465 e. The van der Waals surface area contributed by atoms with Crippen LogP contribution in [-0.2, 0) is 19.1 Å². The zero-order chi connectivity index (χ0) is 26.5. The fourth-order valence-corrected chi connectivity index (χ4v) is 4.53. The van der Waals surface area contributed by atoms with Gasteiger partial charge in [-0.25, -0.2) is 0 Å². The van der Waals surface area contributed by atoms with Gasteiger partial charge >= 0.3 is 11.9 Å². The molecule has 0 spiro atoms. The topological polar surface area (TPSA) is 52.6 Å². The summed E-state index contributed by atoms with van der Waals surface area (Å²) in [6, 6.07) is 0. The Morgan fingerprint density at radius 3 is 0.972 bits per heavy atom. The Morgan fingerprint density at radius 2 is 0.694 bits per heavy atom. The SMILES string of the molecule is CCCCCCCCCCCCCC(=O)OCC(C)COC(=O)CCCCCCCCCCCCC. The number of rotatable bonds is 28. The van der Waals surface area contributed by atoms with Crippen molar-refractivity contribution in [2.45, 2.75) is 175 Å². The summed E-state index contributed by atoms with van der Waals surface area (Å²) < 4.78 is 10.7. The lowest BCUT2D eigenvalue weighted by atomic mass is 10.1. The quantitative estimate of drug-likeness (QED) is 0.0776. The van der Waals surface area contributed by atoms with Crippen LogP contribution < -0.4 is 0 Å². The molecule has 0 saturated heterocycles. The van der Waals surface area contributed by atoms with E-state index in [1.807, 2.05) is 6.92 Å². The van der Waals surface area contributed by atoms with E-state index >= 15 is 0 Å². The number of hydrogen-bond acceptors (Lipinski definition) is 4. The summed E-state index contributed by atoms with van der Waals surface area (Å²) in [5, 5.41) is 0. The average molecular weight is 511 g/mol. The first-order valence-corrected chi connectivity index (χ1v) is 15.9. The Labute approximate surface area is 225 Å². The van der Waals surface area contributed by atoms with Gasteiger partial charge in [0.2, 0.25) is 0 Å². The van der Waals surface area contributed by atoms with Crippen LogP contribution in [0.15, 0.2) is 0 Å². The van der Waals surface area contributed by atoms with Crippen LogP contribution in [0.25, 0.3) is 0 Å². The Balaban J connectivity index is 3.42. The van der Waals surface area contributed by atoms with Crippen LogP contribution in [0, 0.1) is 5.92 Å². The molecule has 0 aromatic carbocycles. The molecule has 0 aromatic rings. The van der Waals surface area contributed by atoms with E-state index in [1.165, 1.54) is 116 Å². The Morgan fingerprint density at radius 1 is 0.444 bits per heavy atom. The molecular weight excluding hydrogens is 448 g/mol. The standard InChI is InChI=1S/C32H62O4/c1-4-6-8-10-12-14-16-18-20-22-24-26-31(33)35-28-30(3)29-36-32(34)27-25-23-21-19-17-15-13-11-9-7-5-2/h30H,4-29H2,1-3H3. The molecule has 0 N–H and O–H groups in total. The highest BCUT2D eigenvalue weighted by atomic mass is 16.5. The minimum atomic E-state index is -0.120. The van der Waals surface area contributed by atoms with Crippen molar-refractivity contribution < 1.29 is 19.1 Å². The Bertz CT molecular complexity index is 435. The first-order valence-electron chi connectivity index (χ1n) is 15.9. The van der Waals surface area contributed by atoms with Crippen molar-refractivity contribution in [2.24, 2.45) is 5.92 Å². The van der Waals surface area contributed by atoms with Gasteiger partial charge in [0.15, 0.2) is 0 Å². The van der Waals surface area contributed by atoms with Crippen LogP contribution >= 0.6 is 0 Å². The van der Waals surface area contributed by atoms with Crippen LogP contribution in [0.2, 0.25) is 0 Å². The molecule has 4 heteroatoms. The second kappa shape index (κ2) is 28.5. The summed E-state index contributed by atoms with van der Waals surface area (Å²) >= 11 is 0. The molecule has 0 unspecified atom stereocenters. The van der Waals surface area contributed by atoms with E-state index in [0.717, 1.165) is 25.7 Å². The van der Waals surface area contributed by atoms with Crippen molar-refractivity contribution in [3.8, 4) is 0 Å². The van der Waals surface area contributed by atoms with Gasteiger partial charge in [-0.05, 0) is 12.8 Å². The minimum Gasteiger partial charge on any atom is -0.465 e. The molecule has 0 radical (unpaired) electrons. The van der Waals surface area contributed by atoms with Gasteiger partial charge in [0.1, 0.15) is 0 Å². The fraction of sp³-hybridized carbons (Fsp3) is 0.938. The number of carbonyl (C=O) groups is 2. The molecule has 0 rings (SSSR count). The number of unbranched alkanes of at least 4 members (excludes halogenated alkanes) is 20. The molecule has 0 aliphatic carbocycles. The van der Waals surface area contributed by atoms with E-state index in [-0.39, 0.29) is 17.9 Å². The molecule has 0 aliphatic heterocycles. The van der Waals surface area contributed by atoms with Gasteiger partial charge in [0.05, 0.1) is 13.2 Å². The molecule has 0 saturated carbocycles. The van der Waals surface area contributed by atoms with Crippen LogP contribution in [0.4, 0.5) is 0 Å². The monoisotopic (exact) mass is 510 g/mol. The van der Waals surface area contributed by atoms with Gasteiger partial charge in [-0.2, -0.15) is 0 Å². The van der Waals surface area contributed by atoms with Crippen molar-refractivity contribution in [1.29, 1.82) is 0 Å². The zero-order valence-electron chi connectivity index (χ0n) is 24.6. The van der Waals surface area contributed by atoms with Crippen molar-refractivity contribution in [3.63, 3.8) is 0 Å². The van der Waals surface area contributed by atoms with Crippen molar-refractivity contribution in [1.82, 2.24) is 0 Å². The number of ether oxygens (including phenoxy) is 2. The molecule has 36 heavy (non-hydrogen) atoms. The molecule has 214 valence electrons. The molecule has 0 amide bonds. The van der Waals surface area contributed by atoms with E-state index < -0.39 is 0 Å². The van der Waals surface area contributed by atoms with Crippen molar-refractivity contribution >= 4 is 11.9 Å². The van der Waals surface area contributed by atoms with Crippen molar-refractivity contribution in [3.05, 3.63) is 0 Å². The van der Waals surface area contributed by atoms with Crippen LogP contribution in [0.3, 0.4) is 0 Å². The lowest BCUT2D eigenvalue weighted by Crippen LogP contribution is -2.18. The highest BCUT2D eigenvalue weighted by Gasteiger charge is 2.10. The molecule has 0 fully saturated rings. The molecule has 0 heterocycles. The number of esters is 2. The number of hydrogen-bond donors (Lipinski definition) is 0. The Kier molecular flexibility index (Phi) is 27.7. The minimum absolute atomic E-state index is 0.0487. The first kappa shape index (κ1) is 34.9. The summed E-state index contributed by atoms with van der Waals surface area (Å²) in [5.74, 6) is -0.192. The second-order valence-corrected chi connectivity index (χ2v) is 11.0. The summed E-state index contributed by atoms with van der Waals surface area (Å²) in [6.07, 6.45) is 29.1. The summed E-state index contributed by atoms with van der Waals surface area (Å²) in [5.41, 5.74) is 0. The lowest BCUT2D eigenvalue weighted by molar-refractivity contribution is -0.148. The highest BCUT2D eigenvalue weighted by molar-refractivity contribution is 5.69. The van der Waals surface area contributed by atoms with Gasteiger partial charge in [0, 0.05) is 18.8 Å². The van der Waals surface area contributed by atoms with Gasteiger partial charge in [-0.1, -0.05) is 149 Å². The third-order valence-electron chi connectivity index (χ3n) is 7.03. The van der Waals surface area contributed by atoms with Crippen molar-refractivity contribution in [2.75, 3.05) is 13.2 Å². The van der Waals surface area contributed by atoms with Crippen LogP contribution in [0.1, 0.15) is 175 Å². The molecule has 0 aromatic heterocycles. The average Bonchev–Trinajstić information content (AvgIpc) is 2.88. The molecule has 0 atom stereocenters. The van der Waals surface area contributed by atoms with Crippen LogP contribution in [-0.4, -0.2) is 25.2 Å². The maximum atomic E-state index is 11.9. The summed E-state index contributed by atoms with van der Waals surface area (Å²) in [7, 11) is 0. The predicted molar refractivity (Wildman–Crippen MR) is 153 cm³/mol.